The lowest BCUT2D eigenvalue weighted by Gasteiger charge is -2.44. The summed E-state index contributed by atoms with van der Waals surface area (Å²) in [6.45, 7) is 29.1. The van der Waals surface area contributed by atoms with E-state index in [2.05, 4.69) is 234 Å². The van der Waals surface area contributed by atoms with Crippen LogP contribution in [0.1, 0.15) is 134 Å². The molecule has 0 aromatic heterocycles. The molecule has 0 aliphatic carbocycles. The Morgan fingerprint density at radius 1 is 0.425 bits per heavy atom. The van der Waals surface area contributed by atoms with Crippen LogP contribution in [-0.4, -0.2) is 107 Å². The second-order valence-electron chi connectivity index (χ2n) is 28.2. The Kier molecular flexibility index (Phi) is 24.9. The predicted octanol–water partition coefficient (Wildman–Crippen LogP) is 15.1. The van der Waals surface area contributed by atoms with Crippen molar-refractivity contribution < 1.29 is 27.8 Å². The van der Waals surface area contributed by atoms with E-state index < -0.39 is 39.9 Å². The molecule has 0 bridgehead atoms. The molecule has 8 rings (SSSR count). The predicted molar refractivity (Wildman–Crippen MR) is 374 cm³/mol. The van der Waals surface area contributed by atoms with Crippen molar-refractivity contribution in [3.63, 3.8) is 0 Å². The van der Waals surface area contributed by atoms with Crippen molar-refractivity contribution >= 4 is 73.2 Å². The van der Waals surface area contributed by atoms with E-state index in [-0.39, 0.29) is 28.7 Å². The molecule has 2 aliphatic rings. The van der Waals surface area contributed by atoms with Gasteiger partial charge in [0.15, 0.2) is 0 Å². The summed E-state index contributed by atoms with van der Waals surface area (Å²) < 4.78 is 44.8. The molecule has 470 valence electrons. The molecule has 10 nitrogen and oxygen atoms in total. The SMILES string of the molecule is CC(C)(C)COP(=O)(N1CCC(NC(=O)CCCCCC[P+](c2ccccc2)(c2ccccc2)c2ccccc2)CC1)C(C)(C)C.CC(C)(C)COP(=O)(N1CCN(C(=O)CC[P+](c2ccccc2)(c2ccccc2)c2ccccc2)CC1)C(C)(C)C. The Morgan fingerprint density at radius 2 is 0.736 bits per heavy atom. The van der Waals surface area contributed by atoms with Gasteiger partial charge in [0.05, 0.1) is 42.3 Å². The summed E-state index contributed by atoms with van der Waals surface area (Å²) in [5.41, 5.74) is -0.131. The first-order valence-electron chi connectivity index (χ1n) is 31.9. The molecule has 2 unspecified atom stereocenters. The lowest BCUT2D eigenvalue weighted by Crippen LogP contribution is -2.49. The maximum Gasteiger partial charge on any atom is 0.277 e. The number of unbranched alkanes of at least 4 members (excludes halogenated alkanes) is 3. The fourth-order valence-electron chi connectivity index (χ4n) is 11.9. The molecule has 1 N–H and O–H groups in total. The molecule has 2 fully saturated rings. The number of hydrogen-bond acceptors (Lipinski definition) is 6. The Balaban J connectivity index is 0.000000250. The van der Waals surface area contributed by atoms with Crippen LogP contribution in [0, 0.1) is 10.8 Å². The molecular formula is C73H104N4O6P4+2. The number of piperazine rings is 1. The van der Waals surface area contributed by atoms with E-state index in [1.807, 2.05) is 51.1 Å². The fourth-order valence-corrected chi connectivity index (χ4v) is 26.0. The van der Waals surface area contributed by atoms with Gasteiger partial charge in [0.1, 0.15) is 46.4 Å². The summed E-state index contributed by atoms with van der Waals surface area (Å²) in [6, 6.07) is 65.4. The topological polar surface area (TPSA) is 108 Å². The quantitative estimate of drug-likeness (QED) is 0.0499. The summed E-state index contributed by atoms with van der Waals surface area (Å²) in [5, 5.41) is 10.5. The van der Waals surface area contributed by atoms with Gasteiger partial charge in [-0.25, -0.2) is 9.34 Å². The molecule has 6 aromatic rings. The van der Waals surface area contributed by atoms with Gasteiger partial charge in [-0.1, -0.05) is 157 Å². The first kappa shape index (κ1) is 69.9. The minimum atomic E-state index is -3.09. The van der Waals surface area contributed by atoms with Crippen molar-refractivity contribution in [2.75, 3.05) is 64.8 Å². The number of hydrogen-bond donors (Lipinski definition) is 1. The number of benzene rings is 6. The highest BCUT2D eigenvalue weighted by molar-refractivity contribution is 7.96. The first-order valence-corrected chi connectivity index (χ1v) is 39.0. The van der Waals surface area contributed by atoms with E-state index in [0.29, 0.717) is 65.3 Å². The number of piperidine rings is 1. The number of carbonyl (C=O) groups excluding carboxylic acids is 2. The molecule has 0 saturated carbocycles. The van der Waals surface area contributed by atoms with E-state index in [4.69, 9.17) is 9.05 Å². The lowest BCUT2D eigenvalue weighted by molar-refractivity contribution is -0.132. The molecule has 0 spiro atoms. The standard InChI is InChI=1S/C39H56N2O3P2.C34H47N2O3P2/c1-38(2,3)32-44-46(43,39(4,5)6)41-29-27-33(28-30-41)40-37(42)26-18-7-8-19-31-45(34-20-12-9-13-21-34,35-22-14-10-15-23-35)36-24-16-11-17-25-36;1-33(2,3)28-39-41(38,34(4,5)6)36-25-23-35(24-26-36)32(37)22-27-40(29-16-10-7-11-17-29,30-18-12-8-13-19-30)31-20-14-9-15-21-31/h9-17,20-25,33H,7-8,18-19,26-32H2,1-6H3;7-21H,22-28H2,1-6H3/q;+1/p+1. The summed E-state index contributed by atoms with van der Waals surface area (Å²) in [4.78, 5) is 28.6. The Morgan fingerprint density at radius 3 is 1.06 bits per heavy atom. The van der Waals surface area contributed by atoms with Crippen LogP contribution in [0.2, 0.25) is 0 Å². The van der Waals surface area contributed by atoms with Gasteiger partial charge in [-0.05, 0) is 157 Å². The fraction of sp³-hybridized carbons (Fsp3) is 0.479. The zero-order chi connectivity index (χ0) is 63.0. The minimum absolute atomic E-state index is 0.0520. The highest BCUT2D eigenvalue weighted by Crippen LogP contribution is 2.64. The van der Waals surface area contributed by atoms with E-state index in [9.17, 15) is 18.7 Å². The number of rotatable bonds is 23. The van der Waals surface area contributed by atoms with Gasteiger partial charge >= 0.3 is 0 Å². The van der Waals surface area contributed by atoms with Crippen molar-refractivity contribution in [2.45, 2.75) is 151 Å². The molecule has 6 aromatic carbocycles. The van der Waals surface area contributed by atoms with Crippen LogP contribution in [0.5, 0.6) is 0 Å². The maximum atomic E-state index is 14.2. The number of nitrogens with zero attached hydrogens (tertiary/aromatic N) is 3. The molecule has 87 heavy (non-hydrogen) atoms. The van der Waals surface area contributed by atoms with Crippen molar-refractivity contribution in [1.82, 2.24) is 19.6 Å². The molecule has 2 heterocycles. The number of nitrogens with one attached hydrogen (secondary N) is 1. The second kappa shape index (κ2) is 31.0. The lowest BCUT2D eigenvalue weighted by atomic mass is 9.99. The number of amides is 2. The van der Waals surface area contributed by atoms with Crippen LogP contribution >= 0.6 is 29.6 Å². The molecular weight excluding hydrogens is 1150 g/mol. The third kappa shape index (κ3) is 18.3. The largest absolute Gasteiger partial charge is 0.353 e. The van der Waals surface area contributed by atoms with E-state index in [1.54, 1.807) is 0 Å². The van der Waals surface area contributed by atoms with Crippen LogP contribution in [0.4, 0.5) is 0 Å². The van der Waals surface area contributed by atoms with Crippen molar-refractivity contribution in [2.24, 2.45) is 10.8 Å². The zero-order valence-corrected chi connectivity index (χ0v) is 58.3. The molecule has 14 heteroatoms. The van der Waals surface area contributed by atoms with Gasteiger partial charge in [0.25, 0.3) is 15.0 Å². The summed E-state index contributed by atoms with van der Waals surface area (Å²) in [5.74, 6) is 0.305. The molecule has 2 atom stereocenters. The average molecular weight is 1260 g/mol. The van der Waals surface area contributed by atoms with Crippen LogP contribution < -0.4 is 37.1 Å². The third-order valence-corrected chi connectivity index (χ3v) is 32.3. The maximum absolute atomic E-state index is 14.2. The third-order valence-electron chi connectivity index (χ3n) is 16.7. The van der Waals surface area contributed by atoms with Gasteiger partial charge in [-0.15, -0.1) is 0 Å². The van der Waals surface area contributed by atoms with E-state index >= 15 is 0 Å². The van der Waals surface area contributed by atoms with Gasteiger partial charge in [-0.3, -0.25) is 18.7 Å². The van der Waals surface area contributed by atoms with E-state index in [0.717, 1.165) is 50.8 Å². The van der Waals surface area contributed by atoms with E-state index in [1.165, 1.54) is 31.8 Å². The summed E-state index contributed by atoms with van der Waals surface area (Å²) in [7, 11) is -9.97. The Labute approximate surface area is 526 Å². The highest BCUT2D eigenvalue weighted by Gasteiger charge is 2.49. The summed E-state index contributed by atoms with van der Waals surface area (Å²) in [6.07, 6.45) is 8.68. The van der Waals surface area contributed by atoms with Crippen LogP contribution in [0.25, 0.3) is 0 Å². The second-order valence-corrected chi connectivity index (χ2v) is 41.8. The van der Waals surface area contributed by atoms with Gasteiger partial charge in [0, 0.05) is 51.7 Å². The first-order chi connectivity index (χ1) is 41.2. The van der Waals surface area contributed by atoms with Crippen molar-refractivity contribution in [3.8, 4) is 0 Å². The molecule has 2 saturated heterocycles. The highest BCUT2D eigenvalue weighted by atomic mass is 31.2. The zero-order valence-electron chi connectivity index (χ0n) is 54.7. The number of carbonyl (C=O) groups is 2. The summed E-state index contributed by atoms with van der Waals surface area (Å²) >= 11 is 0. The average Bonchev–Trinajstić information content (AvgIpc) is 1.38. The Hall–Kier alpha value is -4.58. The minimum Gasteiger partial charge on any atom is -0.353 e. The van der Waals surface area contributed by atoms with Crippen molar-refractivity contribution in [1.29, 1.82) is 0 Å². The molecule has 0 radical (unpaired) electrons. The monoisotopic (exact) mass is 1260 g/mol. The van der Waals surface area contributed by atoms with Gasteiger partial charge in [-0.2, -0.15) is 0 Å². The van der Waals surface area contributed by atoms with Crippen LogP contribution in [0.3, 0.4) is 0 Å². The van der Waals surface area contributed by atoms with Crippen LogP contribution in [-0.2, 0) is 27.8 Å². The molecule has 2 amide bonds. The van der Waals surface area contributed by atoms with Crippen molar-refractivity contribution in [3.05, 3.63) is 182 Å². The Bertz CT molecular complexity index is 2940. The van der Waals surface area contributed by atoms with Crippen LogP contribution in [0.15, 0.2) is 182 Å². The molecule has 2 aliphatic heterocycles. The van der Waals surface area contributed by atoms with Gasteiger partial charge < -0.3 is 19.3 Å². The van der Waals surface area contributed by atoms with Gasteiger partial charge in [0.2, 0.25) is 11.8 Å². The smallest absolute Gasteiger partial charge is 0.277 e. The normalized spacial score (nSPS) is 16.7.